The lowest BCUT2D eigenvalue weighted by molar-refractivity contribution is 0.183. The molecule has 0 unspecified atom stereocenters. The molecule has 0 bridgehead atoms. The highest BCUT2D eigenvalue weighted by atomic mass is 79.9. The second kappa shape index (κ2) is 5.82. The quantitative estimate of drug-likeness (QED) is 0.915. The van der Waals surface area contributed by atoms with Gasteiger partial charge in [0.2, 0.25) is 0 Å². The van der Waals surface area contributed by atoms with Crippen LogP contribution in [-0.4, -0.2) is 13.7 Å². The number of nitrogens with one attached hydrogen (secondary N) is 1. The van der Waals surface area contributed by atoms with Gasteiger partial charge in [-0.15, -0.1) is 0 Å². The van der Waals surface area contributed by atoms with Gasteiger partial charge in [-0.1, -0.05) is 6.92 Å². The lowest BCUT2D eigenvalue weighted by atomic mass is 10.1. The van der Waals surface area contributed by atoms with E-state index in [0.717, 1.165) is 23.3 Å². The molecule has 5 heteroatoms. The van der Waals surface area contributed by atoms with Crippen molar-refractivity contribution in [1.82, 2.24) is 5.32 Å². The minimum Gasteiger partial charge on any atom is -0.459 e. The summed E-state index contributed by atoms with van der Waals surface area (Å²) in [7, 11) is 1.63. The lowest BCUT2D eigenvalue weighted by Crippen LogP contribution is -2.12. The summed E-state index contributed by atoms with van der Waals surface area (Å²) >= 11 is 3.19. The zero-order valence-corrected chi connectivity index (χ0v) is 11.9. The predicted octanol–water partition coefficient (Wildman–Crippen LogP) is 3.59. The number of halogens is 2. The maximum Gasteiger partial charge on any atom is 0.141 e. The molecule has 0 spiro atoms. The van der Waals surface area contributed by atoms with Crippen molar-refractivity contribution in [3.8, 4) is 0 Å². The van der Waals surface area contributed by atoms with Crippen LogP contribution in [0, 0.1) is 5.82 Å². The molecule has 2 rings (SSSR count). The Labute approximate surface area is 113 Å². The maximum absolute atomic E-state index is 13.5. The van der Waals surface area contributed by atoms with E-state index in [2.05, 4.69) is 21.2 Å². The Morgan fingerprint density at radius 1 is 1.44 bits per heavy atom. The van der Waals surface area contributed by atoms with E-state index < -0.39 is 0 Å². The van der Waals surface area contributed by atoms with Crippen molar-refractivity contribution < 1.29 is 13.5 Å². The van der Waals surface area contributed by atoms with E-state index in [9.17, 15) is 4.39 Å². The van der Waals surface area contributed by atoms with Crippen molar-refractivity contribution in [2.75, 3.05) is 13.7 Å². The van der Waals surface area contributed by atoms with Crippen LogP contribution >= 0.6 is 15.9 Å². The highest BCUT2D eigenvalue weighted by Gasteiger charge is 2.15. The van der Waals surface area contributed by atoms with Gasteiger partial charge >= 0.3 is 0 Å². The van der Waals surface area contributed by atoms with Gasteiger partial charge < -0.3 is 14.5 Å². The highest BCUT2D eigenvalue weighted by molar-refractivity contribution is 9.10. The molecule has 1 aromatic heterocycles. The number of ether oxygens (including phenoxy) is 1. The molecule has 0 radical (unpaired) electrons. The van der Waals surface area contributed by atoms with Crippen LogP contribution < -0.4 is 5.32 Å². The van der Waals surface area contributed by atoms with Crippen molar-refractivity contribution in [3.05, 3.63) is 33.7 Å². The van der Waals surface area contributed by atoms with Crippen LogP contribution in [0.3, 0.4) is 0 Å². The number of hydrogen-bond donors (Lipinski definition) is 1. The monoisotopic (exact) mass is 315 g/mol. The first kappa shape index (κ1) is 13.5. The Hall–Kier alpha value is -0.910. The van der Waals surface area contributed by atoms with E-state index in [4.69, 9.17) is 9.15 Å². The van der Waals surface area contributed by atoms with Crippen molar-refractivity contribution in [1.29, 1.82) is 0 Å². The fraction of sp³-hybridized carbons (Fsp3) is 0.385. The Bertz CT molecular complexity index is 553. The Kier molecular flexibility index (Phi) is 4.37. The lowest BCUT2D eigenvalue weighted by Gasteiger charge is -2.02. The molecule has 0 aliphatic carbocycles. The number of rotatable bonds is 5. The highest BCUT2D eigenvalue weighted by Crippen LogP contribution is 2.31. The van der Waals surface area contributed by atoms with Crippen LogP contribution in [0.1, 0.15) is 18.2 Å². The Morgan fingerprint density at radius 2 is 2.22 bits per heavy atom. The fourth-order valence-electron chi connectivity index (χ4n) is 1.88. The molecule has 2 aromatic rings. The summed E-state index contributed by atoms with van der Waals surface area (Å²) in [5.41, 5.74) is 1.52. The van der Waals surface area contributed by atoms with Crippen LogP contribution in [0.4, 0.5) is 4.39 Å². The normalized spacial score (nSPS) is 11.3. The molecule has 98 valence electrons. The molecule has 0 atom stereocenters. The van der Waals surface area contributed by atoms with Crippen molar-refractivity contribution in [2.45, 2.75) is 20.1 Å². The minimum absolute atomic E-state index is 0.324. The van der Waals surface area contributed by atoms with Gasteiger partial charge in [0, 0.05) is 24.1 Å². The van der Waals surface area contributed by atoms with Gasteiger partial charge in [-0.3, -0.25) is 0 Å². The minimum atomic E-state index is -0.324. The summed E-state index contributed by atoms with van der Waals surface area (Å²) in [6, 6.07) is 3.13. The van der Waals surface area contributed by atoms with E-state index in [1.165, 1.54) is 6.07 Å². The van der Waals surface area contributed by atoms with E-state index in [0.29, 0.717) is 23.2 Å². The maximum atomic E-state index is 13.5. The standard InChI is InChI=1S/C13H15BrFNO2/c1-3-16-6-13-9(7-17-2)8-4-10(14)11(15)5-12(8)18-13/h4-5,16H,3,6-7H2,1-2H3. The summed E-state index contributed by atoms with van der Waals surface area (Å²) in [6.45, 7) is 3.94. The third kappa shape index (κ3) is 2.58. The number of furan rings is 1. The molecule has 1 N–H and O–H groups in total. The second-order valence-electron chi connectivity index (χ2n) is 3.98. The molecule has 0 saturated carbocycles. The molecular weight excluding hydrogens is 301 g/mol. The van der Waals surface area contributed by atoms with Gasteiger partial charge in [-0.05, 0) is 28.5 Å². The third-order valence-corrected chi connectivity index (χ3v) is 3.35. The first-order valence-electron chi connectivity index (χ1n) is 5.76. The topological polar surface area (TPSA) is 34.4 Å². The van der Waals surface area contributed by atoms with Gasteiger partial charge in [0.05, 0.1) is 17.6 Å². The molecule has 0 aliphatic heterocycles. The first-order valence-corrected chi connectivity index (χ1v) is 6.55. The largest absolute Gasteiger partial charge is 0.459 e. The van der Waals surface area contributed by atoms with E-state index in [1.807, 2.05) is 6.92 Å². The van der Waals surface area contributed by atoms with Gasteiger partial charge in [0.25, 0.3) is 0 Å². The Morgan fingerprint density at radius 3 is 2.89 bits per heavy atom. The molecule has 3 nitrogen and oxygen atoms in total. The molecule has 0 amide bonds. The molecule has 1 aromatic carbocycles. The predicted molar refractivity (Wildman–Crippen MR) is 72.0 cm³/mol. The van der Waals surface area contributed by atoms with Gasteiger partial charge in [-0.2, -0.15) is 0 Å². The average molecular weight is 316 g/mol. The van der Waals surface area contributed by atoms with Crippen LogP contribution in [0.5, 0.6) is 0 Å². The smallest absolute Gasteiger partial charge is 0.141 e. The third-order valence-electron chi connectivity index (χ3n) is 2.74. The van der Waals surface area contributed by atoms with Crippen LogP contribution in [0.25, 0.3) is 11.0 Å². The SMILES string of the molecule is CCNCc1oc2cc(F)c(Br)cc2c1COC. The van der Waals surface area contributed by atoms with E-state index >= 15 is 0 Å². The molecule has 18 heavy (non-hydrogen) atoms. The Balaban J connectivity index is 2.52. The van der Waals surface area contributed by atoms with E-state index in [1.54, 1.807) is 13.2 Å². The summed E-state index contributed by atoms with van der Waals surface area (Å²) in [6.07, 6.45) is 0. The van der Waals surface area contributed by atoms with Gasteiger partial charge in [0.15, 0.2) is 0 Å². The van der Waals surface area contributed by atoms with Crippen LogP contribution in [0.2, 0.25) is 0 Å². The van der Waals surface area contributed by atoms with Crippen LogP contribution in [-0.2, 0) is 17.9 Å². The average Bonchev–Trinajstić information content (AvgIpc) is 2.66. The molecular formula is C13H15BrFNO2. The molecule has 0 saturated heterocycles. The van der Waals surface area contributed by atoms with Gasteiger partial charge in [0.1, 0.15) is 17.2 Å². The number of hydrogen-bond acceptors (Lipinski definition) is 3. The van der Waals surface area contributed by atoms with Crippen LogP contribution in [0.15, 0.2) is 21.0 Å². The van der Waals surface area contributed by atoms with Crippen molar-refractivity contribution in [2.24, 2.45) is 0 Å². The van der Waals surface area contributed by atoms with Crippen molar-refractivity contribution in [3.63, 3.8) is 0 Å². The summed E-state index contributed by atoms with van der Waals surface area (Å²) in [4.78, 5) is 0. The van der Waals surface area contributed by atoms with Crippen molar-refractivity contribution >= 4 is 26.9 Å². The van der Waals surface area contributed by atoms with E-state index in [-0.39, 0.29) is 5.82 Å². The fourth-order valence-corrected chi connectivity index (χ4v) is 2.22. The summed E-state index contributed by atoms with van der Waals surface area (Å²) < 4.78 is 24.8. The second-order valence-corrected chi connectivity index (χ2v) is 4.83. The zero-order chi connectivity index (χ0) is 13.1. The number of benzene rings is 1. The summed E-state index contributed by atoms with van der Waals surface area (Å²) in [5, 5.41) is 4.09. The molecule has 0 fully saturated rings. The van der Waals surface area contributed by atoms with Gasteiger partial charge in [-0.25, -0.2) is 4.39 Å². The number of methoxy groups -OCH3 is 1. The molecule has 1 heterocycles. The number of fused-ring (bicyclic) bond motifs is 1. The summed E-state index contributed by atoms with van der Waals surface area (Å²) in [5.74, 6) is 0.474. The first-order chi connectivity index (χ1) is 8.67. The zero-order valence-electron chi connectivity index (χ0n) is 10.3. The molecule has 0 aliphatic rings.